The van der Waals surface area contributed by atoms with Crippen LogP contribution in [0.4, 0.5) is 0 Å². The Bertz CT molecular complexity index is 1850. The number of carbonyl (C=O) groups is 2. The van der Waals surface area contributed by atoms with Gasteiger partial charge in [-0.25, -0.2) is 9.97 Å². The van der Waals surface area contributed by atoms with Crippen LogP contribution >= 0.6 is 23.2 Å². The van der Waals surface area contributed by atoms with Gasteiger partial charge in [-0.15, -0.1) is 0 Å². The molecule has 3 aromatic heterocycles. The minimum atomic E-state index is -1.29. The van der Waals surface area contributed by atoms with E-state index in [1.807, 2.05) is 7.05 Å². The van der Waals surface area contributed by atoms with Crippen molar-refractivity contribution in [3.63, 3.8) is 0 Å². The highest BCUT2D eigenvalue weighted by atomic mass is 35.5. The first-order valence-electron chi connectivity index (χ1n) is 15.7. The van der Waals surface area contributed by atoms with Gasteiger partial charge in [0.05, 0.1) is 33.4 Å². The molecule has 1 saturated heterocycles. The average Bonchev–Trinajstić information content (AvgIpc) is 3.74. The Labute approximate surface area is 278 Å². The van der Waals surface area contributed by atoms with Crippen LogP contribution in [-0.4, -0.2) is 74.8 Å². The third-order valence-electron chi connectivity index (χ3n) is 8.81. The summed E-state index contributed by atoms with van der Waals surface area (Å²) < 4.78 is 9.53. The van der Waals surface area contributed by atoms with Gasteiger partial charge in [-0.3, -0.25) is 14.3 Å². The lowest BCUT2D eigenvalue weighted by molar-refractivity contribution is -0.135. The molecule has 1 aromatic carbocycles. The number of likely N-dealkylation sites (tertiary alicyclic amines) is 1. The van der Waals surface area contributed by atoms with E-state index in [4.69, 9.17) is 37.9 Å². The predicted molar refractivity (Wildman–Crippen MR) is 180 cm³/mol. The summed E-state index contributed by atoms with van der Waals surface area (Å²) in [4.78, 5) is 39.1. The predicted octanol–water partition coefficient (Wildman–Crippen LogP) is 5.87. The van der Waals surface area contributed by atoms with E-state index in [0.717, 1.165) is 29.8 Å². The third kappa shape index (κ3) is 6.78. The highest BCUT2D eigenvalue weighted by Crippen LogP contribution is 2.36. The lowest BCUT2D eigenvalue weighted by atomic mass is 9.97. The molecule has 0 spiro atoms. The van der Waals surface area contributed by atoms with Crippen LogP contribution in [0.2, 0.25) is 35.7 Å². The van der Waals surface area contributed by atoms with Crippen LogP contribution in [-0.2, 0) is 23.3 Å². The Morgan fingerprint density at radius 3 is 2.54 bits per heavy atom. The standard InChI is InChI=1S/C32H38Cl2N8O3Si/c1-40-26-14-24(34)23(33)13-21(26)28(39-40)25-16-36-30-29(37-25)22(17-42(30)18-45-11-12-46(2,3)4)31(43)38-27(20-5-6-20)32(44)41-9-7-19(15-35)8-10-41/h13-14,16-17,19-20,27H,5-12,18H2,1-4H3,(H,38,43)/t27-/m1/s1. The normalized spacial score (nSPS) is 16.6. The first-order valence-corrected chi connectivity index (χ1v) is 20.1. The summed E-state index contributed by atoms with van der Waals surface area (Å²) in [5.41, 5.74) is 3.00. The van der Waals surface area contributed by atoms with E-state index in [-0.39, 0.29) is 24.5 Å². The van der Waals surface area contributed by atoms with Crippen LogP contribution in [0.1, 0.15) is 36.0 Å². The maximum atomic E-state index is 14.0. The van der Waals surface area contributed by atoms with Gasteiger partial charge in [0.2, 0.25) is 5.91 Å². The van der Waals surface area contributed by atoms with Crippen molar-refractivity contribution in [2.75, 3.05) is 19.7 Å². The number of nitriles is 1. The largest absolute Gasteiger partial charge is 0.361 e. The number of ether oxygens (including phenoxy) is 1. The summed E-state index contributed by atoms with van der Waals surface area (Å²) in [7, 11) is 0.518. The van der Waals surface area contributed by atoms with Gasteiger partial charge >= 0.3 is 0 Å². The van der Waals surface area contributed by atoms with Crippen LogP contribution in [0.5, 0.6) is 0 Å². The van der Waals surface area contributed by atoms with Crippen molar-refractivity contribution in [1.29, 1.82) is 5.26 Å². The molecule has 242 valence electrons. The summed E-state index contributed by atoms with van der Waals surface area (Å²) in [5, 5.41) is 18.6. The second-order valence-electron chi connectivity index (χ2n) is 13.6. The first kappa shape index (κ1) is 32.4. The van der Waals surface area contributed by atoms with Crippen molar-refractivity contribution >= 4 is 65.2 Å². The number of amides is 2. The van der Waals surface area contributed by atoms with Gasteiger partial charge in [0.1, 0.15) is 29.7 Å². The number of aryl methyl sites for hydroxylation is 1. The van der Waals surface area contributed by atoms with E-state index in [9.17, 15) is 14.9 Å². The molecule has 2 aliphatic rings. The van der Waals surface area contributed by atoms with E-state index < -0.39 is 20.0 Å². The molecule has 1 aliphatic carbocycles. The molecule has 11 nitrogen and oxygen atoms in total. The Hall–Kier alpha value is -3.50. The topological polar surface area (TPSA) is 131 Å². The lowest BCUT2D eigenvalue weighted by Gasteiger charge is -2.32. The number of halogens is 2. The van der Waals surface area contributed by atoms with Crippen LogP contribution < -0.4 is 5.32 Å². The third-order valence-corrected chi connectivity index (χ3v) is 11.2. The van der Waals surface area contributed by atoms with Crippen LogP contribution in [0.3, 0.4) is 0 Å². The van der Waals surface area contributed by atoms with E-state index in [1.54, 1.807) is 38.7 Å². The fraction of sp³-hybridized carbons (Fsp3) is 0.500. The molecule has 1 N–H and O–H groups in total. The molecule has 2 amide bonds. The molecule has 6 rings (SSSR count). The second-order valence-corrected chi connectivity index (χ2v) is 20.0. The first-order chi connectivity index (χ1) is 21.9. The SMILES string of the molecule is Cn1nc(-c2cnc3c(n2)c(C(=O)N[C@@H](C(=O)N2CCC(C#N)CC2)C2CC2)cn3COCC[Si](C)(C)C)c2cc(Cl)c(Cl)cc21. The van der Waals surface area contributed by atoms with Gasteiger partial charge in [0, 0.05) is 52.3 Å². The summed E-state index contributed by atoms with van der Waals surface area (Å²) >= 11 is 12.7. The van der Waals surface area contributed by atoms with Gasteiger partial charge in [0.25, 0.3) is 5.91 Å². The van der Waals surface area contributed by atoms with E-state index in [1.165, 1.54) is 0 Å². The van der Waals surface area contributed by atoms with Gasteiger partial charge < -0.3 is 19.5 Å². The number of fused-ring (bicyclic) bond motifs is 2. The zero-order valence-corrected chi connectivity index (χ0v) is 29.0. The fourth-order valence-corrected chi connectivity index (χ4v) is 6.95. The maximum Gasteiger partial charge on any atom is 0.255 e. The monoisotopic (exact) mass is 680 g/mol. The van der Waals surface area contributed by atoms with E-state index in [0.29, 0.717) is 70.7 Å². The summed E-state index contributed by atoms with van der Waals surface area (Å²) in [6.45, 7) is 8.74. The molecule has 1 atom stereocenters. The molecule has 46 heavy (non-hydrogen) atoms. The fourth-order valence-electron chi connectivity index (χ4n) is 5.87. The molecule has 0 unspecified atom stereocenters. The summed E-state index contributed by atoms with van der Waals surface area (Å²) in [6, 6.07) is 6.19. The van der Waals surface area contributed by atoms with Crippen LogP contribution in [0, 0.1) is 23.2 Å². The summed E-state index contributed by atoms with van der Waals surface area (Å²) in [6.07, 6.45) is 6.39. The number of hydrogen-bond donors (Lipinski definition) is 1. The Balaban J connectivity index is 1.34. The molecule has 2 fully saturated rings. The van der Waals surface area contributed by atoms with Gasteiger partial charge in [-0.05, 0) is 49.8 Å². The van der Waals surface area contributed by atoms with Crippen molar-refractivity contribution in [2.24, 2.45) is 18.9 Å². The van der Waals surface area contributed by atoms with Crippen molar-refractivity contribution < 1.29 is 14.3 Å². The highest BCUT2D eigenvalue weighted by Gasteiger charge is 2.40. The smallest absolute Gasteiger partial charge is 0.255 e. The molecule has 0 radical (unpaired) electrons. The number of piperidine rings is 1. The zero-order chi connectivity index (χ0) is 32.7. The number of rotatable bonds is 10. The van der Waals surface area contributed by atoms with E-state index >= 15 is 0 Å². The molecule has 1 aliphatic heterocycles. The Morgan fingerprint density at radius 1 is 1.15 bits per heavy atom. The van der Waals surface area contributed by atoms with Crippen LogP contribution in [0.25, 0.3) is 33.5 Å². The Kier molecular flexibility index (Phi) is 9.13. The van der Waals surface area contributed by atoms with Crippen molar-refractivity contribution in [1.82, 2.24) is 34.5 Å². The lowest BCUT2D eigenvalue weighted by Crippen LogP contribution is -2.51. The average molecular weight is 682 g/mol. The van der Waals surface area contributed by atoms with Crippen molar-refractivity contribution in [3.8, 4) is 17.5 Å². The van der Waals surface area contributed by atoms with Gasteiger partial charge in [-0.1, -0.05) is 42.8 Å². The zero-order valence-electron chi connectivity index (χ0n) is 26.5. The van der Waals surface area contributed by atoms with Crippen LogP contribution in [0.15, 0.2) is 24.5 Å². The quantitative estimate of drug-likeness (QED) is 0.164. The minimum Gasteiger partial charge on any atom is -0.361 e. The molecule has 1 saturated carbocycles. The van der Waals surface area contributed by atoms with Crippen molar-refractivity contribution in [3.05, 3.63) is 40.1 Å². The van der Waals surface area contributed by atoms with E-state index in [2.05, 4.69) is 36.1 Å². The molecular formula is C32H38Cl2N8O3Si. The molecule has 14 heteroatoms. The minimum absolute atomic E-state index is 0.0332. The second kappa shape index (κ2) is 12.9. The number of nitrogens with zero attached hydrogens (tertiary/aromatic N) is 7. The molecule has 4 heterocycles. The molecular weight excluding hydrogens is 643 g/mol. The number of nitrogens with one attached hydrogen (secondary N) is 1. The summed E-state index contributed by atoms with van der Waals surface area (Å²) in [5.74, 6) is -0.432. The number of hydrogen-bond acceptors (Lipinski definition) is 7. The number of carbonyl (C=O) groups excluding carboxylic acids is 2. The molecule has 0 bridgehead atoms. The number of benzene rings is 1. The van der Waals surface area contributed by atoms with Gasteiger partial charge in [0.15, 0.2) is 5.65 Å². The van der Waals surface area contributed by atoms with Crippen molar-refractivity contribution in [2.45, 2.75) is 64.1 Å². The Morgan fingerprint density at radius 2 is 1.87 bits per heavy atom. The maximum absolute atomic E-state index is 14.0. The molecule has 4 aromatic rings. The number of aromatic nitrogens is 5. The highest BCUT2D eigenvalue weighted by molar-refractivity contribution is 6.76. The van der Waals surface area contributed by atoms with Gasteiger partial charge in [-0.2, -0.15) is 10.4 Å².